The van der Waals surface area contributed by atoms with E-state index in [1.54, 1.807) is 33.4 Å². The van der Waals surface area contributed by atoms with Crippen LogP contribution in [0.15, 0.2) is 48.8 Å². The molecule has 2 amide bonds. The molecule has 6 heteroatoms. The number of para-hydroxylation sites is 1. The van der Waals surface area contributed by atoms with Crippen molar-refractivity contribution in [2.75, 3.05) is 7.11 Å². The van der Waals surface area contributed by atoms with Gasteiger partial charge in [-0.1, -0.05) is 18.2 Å². The number of methoxy groups -OCH3 is 1. The van der Waals surface area contributed by atoms with Crippen LogP contribution in [0.25, 0.3) is 0 Å². The number of carbonyl (C=O) groups is 2. The summed E-state index contributed by atoms with van der Waals surface area (Å²) in [6.07, 6.45) is 3.32. The summed E-state index contributed by atoms with van der Waals surface area (Å²) in [7, 11) is 1.58. The first-order chi connectivity index (χ1) is 11.9. The van der Waals surface area contributed by atoms with Gasteiger partial charge in [-0.15, -0.1) is 0 Å². The monoisotopic (exact) mass is 341 g/mol. The van der Waals surface area contributed by atoms with E-state index in [0.29, 0.717) is 18.8 Å². The first kappa shape index (κ1) is 18.4. The van der Waals surface area contributed by atoms with Crippen LogP contribution in [0.1, 0.15) is 25.0 Å². The van der Waals surface area contributed by atoms with Crippen molar-refractivity contribution < 1.29 is 14.3 Å². The fraction of sp³-hybridized carbons (Fsp3) is 0.316. The Labute approximate surface area is 147 Å². The smallest absolute Gasteiger partial charge is 0.235 e. The molecule has 0 saturated heterocycles. The highest BCUT2D eigenvalue weighted by molar-refractivity contribution is 6.04. The second-order valence-corrected chi connectivity index (χ2v) is 6.16. The molecule has 0 aliphatic carbocycles. The predicted octanol–water partition coefficient (Wildman–Crippen LogP) is 2.05. The van der Waals surface area contributed by atoms with Gasteiger partial charge in [0.25, 0.3) is 0 Å². The highest BCUT2D eigenvalue weighted by Gasteiger charge is 2.35. The fourth-order valence-electron chi connectivity index (χ4n) is 2.25. The van der Waals surface area contributed by atoms with Crippen LogP contribution >= 0.6 is 0 Å². The lowest BCUT2D eigenvalue weighted by Crippen LogP contribution is -2.47. The summed E-state index contributed by atoms with van der Waals surface area (Å²) in [6.45, 7) is 3.85. The van der Waals surface area contributed by atoms with Gasteiger partial charge < -0.3 is 15.4 Å². The molecule has 0 aliphatic rings. The Bertz CT molecular complexity index is 730. The van der Waals surface area contributed by atoms with E-state index >= 15 is 0 Å². The Kier molecular flexibility index (Phi) is 6.11. The third-order valence-electron chi connectivity index (χ3n) is 3.97. The van der Waals surface area contributed by atoms with E-state index in [1.165, 1.54) is 0 Å². The molecule has 132 valence electrons. The molecule has 1 aromatic heterocycles. The molecule has 0 unspecified atom stereocenters. The molecule has 1 heterocycles. The van der Waals surface area contributed by atoms with Gasteiger partial charge in [0.15, 0.2) is 0 Å². The van der Waals surface area contributed by atoms with Crippen LogP contribution in [0, 0.1) is 5.41 Å². The van der Waals surface area contributed by atoms with Crippen LogP contribution in [0.3, 0.4) is 0 Å². The van der Waals surface area contributed by atoms with E-state index in [9.17, 15) is 9.59 Å². The number of ether oxygens (including phenoxy) is 1. The fourth-order valence-corrected chi connectivity index (χ4v) is 2.25. The first-order valence-electron chi connectivity index (χ1n) is 8.02. The Morgan fingerprint density at radius 3 is 2.24 bits per heavy atom. The largest absolute Gasteiger partial charge is 0.496 e. The number of nitrogens with one attached hydrogen (secondary N) is 2. The molecule has 1 aromatic carbocycles. The summed E-state index contributed by atoms with van der Waals surface area (Å²) in [5.41, 5.74) is 0.592. The van der Waals surface area contributed by atoms with Crippen molar-refractivity contribution in [1.29, 1.82) is 0 Å². The molecule has 25 heavy (non-hydrogen) atoms. The van der Waals surface area contributed by atoms with E-state index in [4.69, 9.17) is 4.74 Å². The molecular weight excluding hydrogens is 318 g/mol. The summed E-state index contributed by atoms with van der Waals surface area (Å²) >= 11 is 0. The van der Waals surface area contributed by atoms with Crippen molar-refractivity contribution in [3.05, 3.63) is 59.9 Å². The van der Waals surface area contributed by atoms with Crippen molar-refractivity contribution in [2.24, 2.45) is 5.41 Å². The average molecular weight is 341 g/mol. The Balaban J connectivity index is 1.93. The predicted molar refractivity (Wildman–Crippen MR) is 94.7 cm³/mol. The van der Waals surface area contributed by atoms with Crippen LogP contribution < -0.4 is 15.4 Å². The Morgan fingerprint density at radius 2 is 1.60 bits per heavy atom. The van der Waals surface area contributed by atoms with Crippen molar-refractivity contribution in [3.8, 4) is 5.75 Å². The summed E-state index contributed by atoms with van der Waals surface area (Å²) in [6, 6.07) is 11.1. The molecule has 0 spiro atoms. The number of amides is 2. The summed E-state index contributed by atoms with van der Waals surface area (Å²) in [5.74, 6) is 0.0234. The number of hydrogen-bond donors (Lipinski definition) is 2. The molecule has 0 atom stereocenters. The molecule has 2 rings (SSSR count). The minimum absolute atomic E-state index is 0.296. The van der Waals surface area contributed by atoms with E-state index in [2.05, 4.69) is 15.6 Å². The molecule has 0 aliphatic heterocycles. The SMILES string of the molecule is COc1ccccc1CNC(=O)C(C)(C)C(=O)NCc1ccncc1. The zero-order chi connectivity index (χ0) is 18.3. The van der Waals surface area contributed by atoms with Gasteiger partial charge in [0, 0.05) is 31.0 Å². The third kappa shape index (κ3) is 4.79. The van der Waals surface area contributed by atoms with Crippen molar-refractivity contribution in [3.63, 3.8) is 0 Å². The minimum Gasteiger partial charge on any atom is -0.496 e. The third-order valence-corrected chi connectivity index (χ3v) is 3.97. The maximum absolute atomic E-state index is 12.5. The molecule has 0 fully saturated rings. The molecule has 0 radical (unpaired) electrons. The van der Waals surface area contributed by atoms with E-state index in [0.717, 1.165) is 11.1 Å². The van der Waals surface area contributed by atoms with Gasteiger partial charge in [-0.25, -0.2) is 0 Å². The second kappa shape index (κ2) is 8.28. The van der Waals surface area contributed by atoms with E-state index in [-0.39, 0.29) is 11.8 Å². The van der Waals surface area contributed by atoms with Crippen LogP contribution in [-0.4, -0.2) is 23.9 Å². The molecule has 2 aromatic rings. The lowest BCUT2D eigenvalue weighted by molar-refractivity contribution is -0.141. The Morgan fingerprint density at radius 1 is 1.00 bits per heavy atom. The highest BCUT2D eigenvalue weighted by Crippen LogP contribution is 2.19. The number of pyridine rings is 1. The van der Waals surface area contributed by atoms with Crippen LogP contribution in [0.5, 0.6) is 5.75 Å². The topological polar surface area (TPSA) is 80.3 Å². The average Bonchev–Trinajstić information content (AvgIpc) is 2.64. The van der Waals surface area contributed by atoms with Gasteiger partial charge in [0.05, 0.1) is 7.11 Å². The quantitative estimate of drug-likeness (QED) is 0.755. The standard InChI is InChI=1S/C19H23N3O3/c1-19(2,17(23)21-12-14-8-10-20-11-9-14)18(24)22-13-15-6-4-5-7-16(15)25-3/h4-11H,12-13H2,1-3H3,(H,21,23)(H,22,24). The van der Waals surface area contributed by atoms with Crippen molar-refractivity contribution in [2.45, 2.75) is 26.9 Å². The minimum atomic E-state index is -1.19. The normalized spacial score (nSPS) is 10.8. The van der Waals surface area contributed by atoms with E-state index in [1.807, 2.05) is 36.4 Å². The number of aromatic nitrogens is 1. The van der Waals surface area contributed by atoms with Gasteiger partial charge in [0.2, 0.25) is 11.8 Å². The molecule has 6 nitrogen and oxygen atoms in total. The molecule has 0 saturated carbocycles. The number of rotatable bonds is 7. The van der Waals surface area contributed by atoms with Gasteiger partial charge in [-0.2, -0.15) is 0 Å². The zero-order valence-corrected chi connectivity index (χ0v) is 14.7. The van der Waals surface area contributed by atoms with Gasteiger partial charge >= 0.3 is 0 Å². The number of hydrogen-bond acceptors (Lipinski definition) is 4. The number of nitrogens with zero attached hydrogens (tertiary/aromatic N) is 1. The number of benzene rings is 1. The van der Waals surface area contributed by atoms with Crippen LogP contribution in [0.4, 0.5) is 0 Å². The summed E-state index contributed by atoms with van der Waals surface area (Å²) < 4.78 is 5.26. The van der Waals surface area contributed by atoms with E-state index < -0.39 is 5.41 Å². The lowest BCUT2D eigenvalue weighted by atomic mass is 9.91. The molecular formula is C19H23N3O3. The van der Waals surface area contributed by atoms with Gasteiger partial charge in [0.1, 0.15) is 11.2 Å². The lowest BCUT2D eigenvalue weighted by Gasteiger charge is -2.23. The summed E-state index contributed by atoms with van der Waals surface area (Å²) in [4.78, 5) is 28.8. The maximum atomic E-state index is 12.5. The van der Waals surface area contributed by atoms with Gasteiger partial charge in [-0.3, -0.25) is 14.6 Å². The zero-order valence-electron chi connectivity index (χ0n) is 14.7. The second-order valence-electron chi connectivity index (χ2n) is 6.16. The van der Waals surface area contributed by atoms with Crippen molar-refractivity contribution in [1.82, 2.24) is 15.6 Å². The number of carbonyl (C=O) groups excluding carboxylic acids is 2. The molecule has 0 bridgehead atoms. The van der Waals surface area contributed by atoms with Crippen LogP contribution in [0.2, 0.25) is 0 Å². The van der Waals surface area contributed by atoms with Crippen LogP contribution in [-0.2, 0) is 22.7 Å². The van der Waals surface area contributed by atoms with Crippen molar-refractivity contribution >= 4 is 11.8 Å². The molecule has 2 N–H and O–H groups in total. The highest BCUT2D eigenvalue weighted by atomic mass is 16.5. The summed E-state index contributed by atoms with van der Waals surface area (Å²) in [5, 5.41) is 5.59. The maximum Gasteiger partial charge on any atom is 0.235 e. The van der Waals surface area contributed by atoms with Gasteiger partial charge in [-0.05, 0) is 37.6 Å². The first-order valence-corrected chi connectivity index (χ1v) is 8.02. The Hall–Kier alpha value is -2.89.